The maximum absolute atomic E-state index is 6.71. The van der Waals surface area contributed by atoms with Crippen molar-refractivity contribution >= 4 is 39.4 Å². The first-order chi connectivity index (χ1) is 14.4. The van der Waals surface area contributed by atoms with Gasteiger partial charge in [0.25, 0.3) is 0 Å². The van der Waals surface area contributed by atoms with Crippen LogP contribution in [-0.4, -0.2) is 26.1 Å². The predicted octanol–water partition coefficient (Wildman–Crippen LogP) is 4.26. The molecule has 1 heterocycles. The van der Waals surface area contributed by atoms with Crippen LogP contribution >= 0.6 is 0 Å². The lowest BCUT2D eigenvalue weighted by molar-refractivity contribution is 0.246. The molecule has 2 nitrogen and oxygen atoms in total. The SMILES string of the molecule is c1ccc2c(B(OCC3CCCCN3)c3cccc4ccccc34)cccc2c1. The van der Waals surface area contributed by atoms with Crippen LogP contribution in [0.15, 0.2) is 84.9 Å². The largest absolute Gasteiger partial charge is 0.425 e. The van der Waals surface area contributed by atoms with Crippen molar-refractivity contribution in [3.8, 4) is 0 Å². The van der Waals surface area contributed by atoms with Gasteiger partial charge in [0.1, 0.15) is 0 Å². The van der Waals surface area contributed by atoms with Crippen molar-refractivity contribution in [3.05, 3.63) is 84.9 Å². The third kappa shape index (κ3) is 3.81. The number of hydrogen-bond acceptors (Lipinski definition) is 2. The van der Waals surface area contributed by atoms with E-state index in [1.807, 2.05) is 0 Å². The van der Waals surface area contributed by atoms with Crippen LogP contribution in [0.5, 0.6) is 0 Å². The Kier molecular flexibility index (Phi) is 5.34. The van der Waals surface area contributed by atoms with Crippen molar-refractivity contribution in [2.75, 3.05) is 13.2 Å². The molecular formula is C26H26BNO. The second kappa shape index (κ2) is 8.40. The maximum Gasteiger partial charge on any atom is 0.362 e. The summed E-state index contributed by atoms with van der Waals surface area (Å²) in [6.07, 6.45) is 3.75. The lowest BCUT2D eigenvalue weighted by Crippen LogP contribution is -2.49. The van der Waals surface area contributed by atoms with Gasteiger partial charge in [-0.1, -0.05) is 91.3 Å². The highest BCUT2D eigenvalue weighted by Crippen LogP contribution is 2.17. The van der Waals surface area contributed by atoms with Gasteiger partial charge in [0.15, 0.2) is 0 Å². The Morgan fingerprint density at radius 2 is 1.31 bits per heavy atom. The summed E-state index contributed by atoms with van der Waals surface area (Å²) >= 11 is 0. The van der Waals surface area contributed by atoms with Crippen molar-refractivity contribution < 1.29 is 4.65 Å². The third-order valence-corrected chi connectivity index (χ3v) is 6.09. The van der Waals surface area contributed by atoms with Gasteiger partial charge < -0.3 is 9.97 Å². The highest BCUT2D eigenvalue weighted by Gasteiger charge is 2.27. The van der Waals surface area contributed by atoms with Crippen LogP contribution in [0, 0.1) is 0 Å². The second-order valence-corrected chi connectivity index (χ2v) is 8.00. The lowest BCUT2D eigenvalue weighted by atomic mass is 9.53. The standard InChI is InChI=1S/C26H26BNO/c1-3-14-23-20(9-1)11-7-16-25(23)27(29-19-22-13-5-6-18-28-22)26-17-8-12-21-10-2-4-15-24(21)26/h1-4,7-12,14-17,22,28H,5-6,13,18-19H2. The first kappa shape index (κ1) is 18.4. The molecule has 0 aromatic heterocycles. The molecule has 4 aromatic carbocycles. The van der Waals surface area contributed by atoms with Crippen LogP contribution in [0.1, 0.15) is 19.3 Å². The van der Waals surface area contributed by atoms with Gasteiger partial charge >= 0.3 is 6.92 Å². The van der Waals surface area contributed by atoms with Crippen LogP contribution in [0.25, 0.3) is 21.5 Å². The zero-order valence-corrected chi connectivity index (χ0v) is 16.7. The summed E-state index contributed by atoms with van der Waals surface area (Å²) < 4.78 is 6.71. The smallest absolute Gasteiger partial charge is 0.362 e. The molecule has 1 saturated heterocycles. The van der Waals surface area contributed by atoms with Crippen molar-refractivity contribution in [1.82, 2.24) is 5.32 Å². The normalized spacial score (nSPS) is 16.9. The average molecular weight is 379 g/mol. The molecule has 1 aliphatic heterocycles. The van der Waals surface area contributed by atoms with Gasteiger partial charge in [-0.25, -0.2) is 0 Å². The number of hydrogen-bond donors (Lipinski definition) is 1. The topological polar surface area (TPSA) is 21.3 Å². The van der Waals surface area contributed by atoms with E-state index in [0.717, 1.165) is 13.2 Å². The molecule has 3 heteroatoms. The highest BCUT2D eigenvalue weighted by molar-refractivity contribution is 6.83. The Bertz CT molecular complexity index is 1030. The Morgan fingerprint density at radius 1 is 0.724 bits per heavy atom. The van der Waals surface area contributed by atoms with Crippen LogP contribution in [-0.2, 0) is 4.65 Å². The van der Waals surface area contributed by atoms with Gasteiger partial charge in [0.05, 0.1) is 0 Å². The minimum atomic E-state index is -0.0871. The summed E-state index contributed by atoms with van der Waals surface area (Å²) in [6, 6.07) is 30.8. The van der Waals surface area contributed by atoms with Gasteiger partial charge in [-0.15, -0.1) is 0 Å². The quantitative estimate of drug-likeness (QED) is 0.524. The fourth-order valence-corrected chi connectivity index (χ4v) is 4.58. The number of rotatable bonds is 5. The van der Waals surface area contributed by atoms with E-state index in [0.29, 0.717) is 6.04 Å². The molecule has 1 atom stereocenters. The Morgan fingerprint density at radius 3 is 1.90 bits per heavy atom. The number of piperidine rings is 1. The van der Waals surface area contributed by atoms with E-state index in [1.54, 1.807) is 0 Å². The van der Waals surface area contributed by atoms with E-state index in [2.05, 4.69) is 90.2 Å². The third-order valence-electron chi connectivity index (χ3n) is 6.09. The van der Waals surface area contributed by atoms with Crippen molar-refractivity contribution in [3.63, 3.8) is 0 Å². The molecule has 0 saturated carbocycles. The van der Waals surface area contributed by atoms with Gasteiger partial charge in [-0.2, -0.15) is 0 Å². The number of benzene rings is 4. The molecule has 4 aromatic rings. The van der Waals surface area contributed by atoms with E-state index < -0.39 is 0 Å². The van der Waals surface area contributed by atoms with Gasteiger partial charge in [-0.05, 0) is 51.9 Å². The molecule has 0 radical (unpaired) electrons. The fourth-order valence-electron chi connectivity index (χ4n) is 4.58. The van der Waals surface area contributed by atoms with E-state index in [1.165, 1.54) is 51.7 Å². The van der Waals surface area contributed by atoms with Crippen LogP contribution < -0.4 is 16.2 Å². The molecule has 5 rings (SSSR count). The Hall–Kier alpha value is -2.62. The molecule has 0 spiro atoms. The average Bonchev–Trinajstić information content (AvgIpc) is 2.80. The molecule has 0 bridgehead atoms. The fraction of sp³-hybridized carbons (Fsp3) is 0.231. The molecule has 1 fully saturated rings. The number of fused-ring (bicyclic) bond motifs is 2. The summed E-state index contributed by atoms with van der Waals surface area (Å²) in [5.41, 5.74) is 2.49. The monoisotopic (exact) mass is 379 g/mol. The summed E-state index contributed by atoms with van der Waals surface area (Å²) in [5.74, 6) is 0. The van der Waals surface area contributed by atoms with Crippen molar-refractivity contribution in [1.29, 1.82) is 0 Å². The summed E-state index contributed by atoms with van der Waals surface area (Å²) in [6.45, 7) is 1.74. The van der Waals surface area contributed by atoms with Crippen LogP contribution in [0.3, 0.4) is 0 Å². The maximum atomic E-state index is 6.71. The van der Waals surface area contributed by atoms with E-state index >= 15 is 0 Å². The van der Waals surface area contributed by atoms with Gasteiger partial charge in [-0.3, -0.25) is 0 Å². The molecule has 1 aliphatic rings. The van der Waals surface area contributed by atoms with Crippen LogP contribution in [0.2, 0.25) is 0 Å². The minimum Gasteiger partial charge on any atom is -0.425 e. The van der Waals surface area contributed by atoms with Gasteiger partial charge in [0.2, 0.25) is 0 Å². The Balaban J connectivity index is 1.60. The molecule has 29 heavy (non-hydrogen) atoms. The summed E-state index contributed by atoms with van der Waals surface area (Å²) in [5, 5.41) is 8.68. The molecule has 0 aliphatic carbocycles. The highest BCUT2D eigenvalue weighted by atomic mass is 16.4. The second-order valence-electron chi connectivity index (χ2n) is 8.00. The summed E-state index contributed by atoms with van der Waals surface area (Å²) in [7, 11) is 0. The molecular weight excluding hydrogens is 353 g/mol. The Labute approximate surface area is 173 Å². The lowest BCUT2D eigenvalue weighted by Gasteiger charge is -2.26. The minimum absolute atomic E-state index is 0.0871. The first-order valence-corrected chi connectivity index (χ1v) is 10.7. The predicted molar refractivity (Wildman–Crippen MR) is 125 cm³/mol. The van der Waals surface area contributed by atoms with E-state index in [4.69, 9.17) is 4.65 Å². The first-order valence-electron chi connectivity index (χ1n) is 10.7. The molecule has 0 amide bonds. The molecule has 1 unspecified atom stereocenters. The molecule has 144 valence electrons. The number of nitrogens with one attached hydrogen (secondary N) is 1. The van der Waals surface area contributed by atoms with Gasteiger partial charge in [0, 0.05) is 12.6 Å². The van der Waals surface area contributed by atoms with Crippen molar-refractivity contribution in [2.24, 2.45) is 0 Å². The van der Waals surface area contributed by atoms with E-state index in [-0.39, 0.29) is 6.92 Å². The zero-order valence-electron chi connectivity index (χ0n) is 16.7. The zero-order chi connectivity index (χ0) is 19.5. The van der Waals surface area contributed by atoms with Crippen LogP contribution in [0.4, 0.5) is 0 Å². The van der Waals surface area contributed by atoms with E-state index in [9.17, 15) is 0 Å². The summed E-state index contributed by atoms with van der Waals surface area (Å²) in [4.78, 5) is 0. The van der Waals surface area contributed by atoms with Crippen molar-refractivity contribution in [2.45, 2.75) is 25.3 Å². The molecule has 1 N–H and O–H groups in total.